The van der Waals surface area contributed by atoms with Crippen LogP contribution in [0.1, 0.15) is 62.3 Å². The van der Waals surface area contributed by atoms with E-state index in [4.69, 9.17) is 27.9 Å². The van der Waals surface area contributed by atoms with Gasteiger partial charge in [0.1, 0.15) is 18.0 Å². The van der Waals surface area contributed by atoms with E-state index < -0.39 is 57.3 Å². The topological polar surface area (TPSA) is 104 Å². The summed E-state index contributed by atoms with van der Waals surface area (Å²) in [5.41, 5.74) is 1.24. The van der Waals surface area contributed by atoms with E-state index in [1.165, 1.54) is 18.2 Å². The van der Waals surface area contributed by atoms with Gasteiger partial charge in [0.25, 0.3) is 5.91 Å². The summed E-state index contributed by atoms with van der Waals surface area (Å²) in [7, 11) is -3.95. The molecule has 1 aliphatic heterocycles. The molecule has 1 saturated carbocycles. The van der Waals surface area contributed by atoms with Gasteiger partial charge in [-0.15, -0.1) is 0 Å². The van der Waals surface area contributed by atoms with Gasteiger partial charge < -0.3 is 14.7 Å². The minimum Gasteiger partial charge on any atom is -0.481 e. The predicted octanol–water partition coefficient (Wildman–Crippen LogP) is 6.78. The van der Waals surface area contributed by atoms with Gasteiger partial charge in [0.05, 0.1) is 29.6 Å². The highest BCUT2D eigenvalue weighted by Crippen LogP contribution is 2.45. The van der Waals surface area contributed by atoms with Gasteiger partial charge in [-0.05, 0) is 73.2 Å². The second-order valence-corrected chi connectivity index (χ2v) is 14.1. The maximum absolute atomic E-state index is 15.2. The number of para-hydroxylation sites is 1. The average molecular weight is 664 g/mol. The normalized spacial score (nSPS) is 21.2. The number of anilines is 1. The van der Waals surface area contributed by atoms with Gasteiger partial charge in [-0.1, -0.05) is 66.5 Å². The molecule has 1 amide bonds. The lowest BCUT2D eigenvalue weighted by molar-refractivity contribution is -0.180. The molecule has 44 heavy (non-hydrogen) atoms. The van der Waals surface area contributed by atoms with Crippen molar-refractivity contribution in [2.45, 2.75) is 68.6 Å². The number of hydrogen-bond donors (Lipinski definition) is 1. The molecule has 12 heteroatoms. The molecule has 0 spiro atoms. The Kier molecular flexibility index (Phi) is 9.84. The first-order valence-electron chi connectivity index (χ1n) is 14.5. The number of nitrogens with zero attached hydrogens (tertiary/aromatic N) is 2. The van der Waals surface area contributed by atoms with Crippen LogP contribution in [0, 0.1) is 5.82 Å². The van der Waals surface area contributed by atoms with Crippen molar-refractivity contribution < 1.29 is 32.2 Å². The third-order valence-electron chi connectivity index (χ3n) is 8.05. The lowest BCUT2D eigenvalue weighted by atomic mass is 9.89. The van der Waals surface area contributed by atoms with Gasteiger partial charge in [0, 0.05) is 16.5 Å². The Balaban J connectivity index is 1.64. The molecule has 5 rings (SSSR count). The maximum atomic E-state index is 15.2. The van der Waals surface area contributed by atoms with Crippen molar-refractivity contribution in [2.75, 3.05) is 10.8 Å². The van der Waals surface area contributed by atoms with Crippen LogP contribution in [0.25, 0.3) is 0 Å². The average Bonchev–Trinajstić information content (AvgIpc) is 3.85. The Hall–Kier alpha value is -3.18. The number of carbonyl (C=O) groups is 2. The molecule has 1 N–H and O–H groups in total. The van der Waals surface area contributed by atoms with Crippen LogP contribution in [0.3, 0.4) is 0 Å². The second kappa shape index (κ2) is 13.4. The Morgan fingerprint density at radius 2 is 1.75 bits per heavy atom. The summed E-state index contributed by atoms with van der Waals surface area (Å²) in [6, 6.07) is 18.1. The molecule has 1 saturated heterocycles. The summed E-state index contributed by atoms with van der Waals surface area (Å²) in [6.07, 6.45) is -1.06. The number of hydrogen-bond acceptors (Lipinski definition) is 5. The van der Waals surface area contributed by atoms with Crippen LogP contribution in [0.4, 0.5) is 10.1 Å². The highest BCUT2D eigenvalue weighted by molar-refractivity contribution is 7.93. The zero-order valence-corrected chi connectivity index (χ0v) is 26.3. The number of morpholine rings is 1. The number of ether oxygens (including phenoxy) is 1. The number of aliphatic carboxylic acids is 1. The van der Waals surface area contributed by atoms with Gasteiger partial charge in [-0.25, -0.2) is 12.8 Å². The summed E-state index contributed by atoms with van der Waals surface area (Å²) in [5, 5.41) is 9.72. The van der Waals surface area contributed by atoms with Crippen molar-refractivity contribution in [2.24, 2.45) is 0 Å². The lowest BCUT2D eigenvalue weighted by Crippen LogP contribution is -2.58. The first-order valence-corrected chi connectivity index (χ1v) is 16.7. The minimum atomic E-state index is -3.95. The number of benzene rings is 3. The van der Waals surface area contributed by atoms with Gasteiger partial charge in [-0.2, -0.15) is 0 Å². The highest BCUT2D eigenvalue weighted by Gasteiger charge is 2.48. The SMILES string of the molecule is CC[C@@H](CN(c1ccccc1F)S(=O)(=O)C1CC1)N1C(=O)[C@@H](CCC(=O)O)O[C@H](c2cccc(Cl)c2)[C@H]1c1ccc(Cl)cc1. The molecule has 0 unspecified atom stereocenters. The maximum Gasteiger partial charge on any atom is 0.303 e. The lowest BCUT2D eigenvalue weighted by Gasteiger charge is -2.49. The number of rotatable bonds is 12. The van der Waals surface area contributed by atoms with E-state index in [2.05, 4.69) is 0 Å². The van der Waals surface area contributed by atoms with E-state index >= 15 is 4.39 Å². The Morgan fingerprint density at radius 1 is 1.05 bits per heavy atom. The summed E-state index contributed by atoms with van der Waals surface area (Å²) >= 11 is 12.6. The first kappa shape index (κ1) is 32.2. The van der Waals surface area contributed by atoms with E-state index in [1.807, 2.05) is 13.0 Å². The molecule has 0 aromatic heterocycles. The molecule has 2 aliphatic rings. The van der Waals surface area contributed by atoms with E-state index in [-0.39, 0.29) is 25.1 Å². The summed E-state index contributed by atoms with van der Waals surface area (Å²) in [4.78, 5) is 27.5. The first-order chi connectivity index (χ1) is 21.0. The van der Waals surface area contributed by atoms with Crippen LogP contribution in [0.5, 0.6) is 0 Å². The number of carboxylic acid groups (broad SMARTS) is 1. The third-order valence-corrected chi connectivity index (χ3v) is 10.8. The predicted molar refractivity (Wildman–Crippen MR) is 167 cm³/mol. The molecular formula is C32H33Cl2FN2O6S. The fourth-order valence-corrected chi connectivity index (χ4v) is 7.91. The zero-order valence-electron chi connectivity index (χ0n) is 24.0. The molecule has 8 nitrogen and oxygen atoms in total. The molecule has 234 valence electrons. The smallest absolute Gasteiger partial charge is 0.303 e. The monoisotopic (exact) mass is 662 g/mol. The highest BCUT2D eigenvalue weighted by atomic mass is 35.5. The Bertz CT molecular complexity index is 1620. The van der Waals surface area contributed by atoms with Crippen LogP contribution in [-0.2, 0) is 24.3 Å². The van der Waals surface area contributed by atoms with E-state index in [1.54, 1.807) is 53.4 Å². The van der Waals surface area contributed by atoms with Gasteiger partial charge >= 0.3 is 5.97 Å². The molecule has 0 radical (unpaired) electrons. The number of sulfonamides is 1. The number of carbonyl (C=O) groups excluding carboxylic acids is 1. The zero-order chi connectivity index (χ0) is 31.6. The van der Waals surface area contributed by atoms with Crippen LogP contribution < -0.4 is 4.31 Å². The van der Waals surface area contributed by atoms with Gasteiger partial charge in [0.2, 0.25) is 10.0 Å². The van der Waals surface area contributed by atoms with Crippen molar-refractivity contribution in [1.29, 1.82) is 0 Å². The van der Waals surface area contributed by atoms with Crippen molar-refractivity contribution in [3.05, 3.63) is 99.8 Å². The molecule has 0 bridgehead atoms. The minimum absolute atomic E-state index is 0.0876. The fraction of sp³-hybridized carbons (Fsp3) is 0.375. The van der Waals surface area contributed by atoms with Gasteiger partial charge in [-0.3, -0.25) is 13.9 Å². The van der Waals surface area contributed by atoms with Gasteiger partial charge in [0.15, 0.2) is 0 Å². The number of halogens is 3. The molecule has 3 aromatic carbocycles. The third kappa shape index (κ3) is 6.88. The molecule has 4 atom stereocenters. The molecule has 1 aliphatic carbocycles. The van der Waals surface area contributed by atoms with Crippen molar-refractivity contribution >= 4 is 50.8 Å². The van der Waals surface area contributed by atoms with Crippen LogP contribution >= 0.6 is 23.2 Å². The fourth-order valence-electron chi connectivity index (χ4n) is 5.70. The second-order valence-electron chi connectivity index (χ2n) is 11.1. The van der Waals surface area contributed by atoms with Crippen molar-refractivity contribution in [3.63, 3.8) is 0 Å². The summed E-state index contributed by atoms with van der Waals surface area (Å²) in [6.45, 7) is 1.62. The quantitative estimate of drug-likeness (QED) is 0.229. The van der Waals surface area contributed by atoms with E-state index in [0.717, 1.165) is 4.31 Å². The summed E-state index contributed by atoms with van der Waals surface area (Å²) < 4.78 is 50.2. The summed E-state index contributed by atoms with van der Waals surface area (Å²) in [5.74, 6) is -2.25. The van der Waals surface area contributed by atoms with Crippen molar-refractivity contribution in [3.8, 4) is 0 Å². The van der Waals surface area contributed by atoms with Crippen LogP contribution in [-0.4, -0.2) is 54.2 Å². The van der Waals surface area contributed by atoms with Crippen molar-refractivity contribution in [1.82, 2.24) is 4.90 Å². The molecule has 2 fully saturated rings. The molecular weight excluding hydrogens is 630 g/mol. The molecule has 1 heterocycles. The standard InChI is InChI=1S/C32H33Cl2FN2O6S/c1-2-24(19-36(44(41,42)25-14-15-25)27-9-4-3-8-26(27)35)37-30(20-10-12-22(33)13-11-20)31(21-6-5-7-23(34)18-21)43-28(32(37)40)16-17-29(38)39/h3-13,18,24-25,28,30-31H,2,14-17,19H2,1H3,(H,38,39)/t24-,28+,30+,31+/m0/s1. The Morgan fingerprint density at radius 3 is 2.36 bits per heavy atom. The van der Waals surface area contributed by atoms with Crippen LogP contribution in [0.2, 0.25) is 10.0 Å². The largest absolute Gasteiger partial charge is 0.481 e. The number of carboxylic acids is 1. The molecule has 3 aromatic rings. The van der Waals surface area contributed by atoms with E-state index in [9.17, 15) is 23.1 Å². The Labute approximate surface area is 266 Å². The number of amides is 1. The van der Waals surface area contributed by atoms with Crippen LogP contribution in [0.15, 0.2) is 72.8 Å². The van der Waals surface area contributed by atoms with E-state index in [0.29, 0.717) is 40.4 Å².